The van der Waals surface area contributed by atoms with Gasteiger partial charge < -0.3 is 9.67 Å². The van der Waals surface area contributed by atoms with Crippen LogP contribution in [-0.4, -0.2) is 35.6 Å². The van der Waals surface area contributed by atoms with Crippen LogP contribution < -0.4 is 0 Å². The molecule has 0 amide bonds. The van der Waals surface area contributed by atoms with Gasteiger partial charge in [0.15, 0.2) is 11.6 Å². The lowest BCUT2D eigenvalue weighted by Crippen LogP contribution is -2.09. The van der Waals surface area contributed by atoms with Gasteiger partial charge >= 0.3 is 0 Å². The van der Waals surface area contributed by atoms with Crippen LogP contribution in [0.25, 0.3) is 5.76 Å². The van der Waals surface area contributed by atoms with Gasteiger partial charge in [-0.05, 0) is 42.2 Å². The lowest BCUT2D eigenvalue weighted by Gasteiger charge is -2.06. The van der Waals surface area contributed by atoms with Crippen molar-refractivity contribution >= 4 is 11.5 Å². The number of carbonyl (C=O) groups excluding carboxylic acids is 1. The van der Waals surface area contributed by atoms with Gasteiger partial charge in [0.2, 0.25) is 5.78 Å². The zero-order valence-corrected chi connectivity index (χ0v) is 16.3. The van der Waals surface area contributed by atoms with Crippen molar-refractivity contribution in [1.29, 1.82) is 0 Å². The lowest BCUT2D eigenvalue weighted by atomic mass is 10.1. The standard InChI is InChI=1S/C23H21N5O2/c29-21(13-22(30)23-25-16-26-27-23)20-12-18(10-9-17-6-2-1-3-7-17)14-28(20)15-19-8-4-5-11-24-19/h1-8,11-14,16,30H,9-10,15H2,(H,25,26,27). The van der Waals surface area contributed by atoms with E-state index in [4.69, 9.17) is 0 Å². The number of nitrogens with zero attached hydrogens (tertiary/aromatic N) is 4. The van der Waals surface area contributed by atoms with Crippen molar-refractivity contribution in [2.45, 2.75) is 19.4 Å². The summed E-state index contributed by atoms with van der Waals surface area (Å²) >= 11 is 0. The number of aryl methyl sites for hydroxylation is 2. The molecule has 0 atom stereocenters. The summed E-state index contributed by atoms with van der Waals surface area (Å²) in [5.41, 5.74) is 3.62. The molecule has 0 unspecified atom stereocenters. The first-order chi connectivity index (χ1) is 14.7. The van der Waals surface area contributed by atoms with E-state index in [0.29, 0.717) is 12.2 Å². The highest BCUT2D eigenvalue weighted by Crippen LogP contribution is 2.16. The van der Waals surface area contributed by atoms with E-state index in [0.717, 1.165) is 30.2 Å². The van der Waals surface area contributed by atoms with Crippen LogP contribution in [0.15, 0.2) is 79.4 Å². The number of aliphatic hydroxyl groups is 1. The van der Waals surface area contributed by atoms with Crippen molar-refractivity contribution in [1.82, 2.24) is 24.7 Å². The molecule has 150 valence electrons. The number of aliphatic hydroxyl groups excluding tert-OH is 1. The van der Waals surface area contributed by atoms with E-state index in [1.54, 1.807) is 6.20 Å². The average molecular weight is 399 g/mol. The van der Waals surface area contributed by atoms with E-state index in [1.165, 1.54) is 11.9 Å². The summed E-state index contributed by atoms with van der Waals surface area (Å²) in [5, 5.41) is 16.4. The number of rotatable bonds is 8. The molecule has 30 heavy (non-hydrogen) atoms. The van der Waals surface area contributed by atoms with Gasteiger partial charge in [-0.25, -0.2) is 4.98 Å². The van der Waals surface area contributed by atoms with Crippen molar-refractivity contribution in [3.8, 4) is 0 Å². The number of nitrogens with one attached hydrogen (secondary N) is 1. The molecule has 4 rings (SSSR count). The first kappa shape index (κ1) is 19.3. The summed E-state index contributed by atoms with van der Waals surface area (Å²) in [6.07, 6.45) is 7.82. The van der Waals surface area contributed by atoms with Gasteiger partial charge in [-0.15, -0.1) is 0 Å². The fourth-order valence-electron chi connectivity index (χ4n) is 3.24. The normalized spacial score (nSPS) is 11.5. The van der Waals surface area contributed by atoms with Crippen molar-refractivity contribution in [2.75, 3.05) is 0 Å². The van der Waals surface area contributed by atoms with Crippen LogP contribution in [0.1, 0.15) is 33.1 Å². The SMILES string of the molecule is O=C(C=C(O)c1ncn[nH]1)c1cc(CCc2ccccc2)cn1Cc1ccccn1. The second kappa shape index (κ2) is 9.00. The van der Waals surface area contributed by atoms with Crippen LogP contribution in [-0.2, 0) is 19.4 Å². The number of H-pyrrole nitrogens is 1. The summed E-state index contributed by atoms with van der Waals surface area (Å²) in [6.45, 7) is 0.462. The second-order valence-corrected chi connectivity index (χ2v) is 6.90. The van der Waals surface area contributed by atoms with Crippen molar-refractivity contribution in [3.63, 3.8) is 0 Å². The highest BCUT2D eigenvalue weighted by atomic mass is 16.3. The molecule has 1 aromatic carbocycles. The summed E-state index contributed by atoms with van der Waals surface area (Å²) < 4.78 is 1.87. The average Bonchev–Trinajstić information content (AvgIpc) is 3.44. The summed E-state index contributed by atoms with van der Waals surface area (Å²) in [7, 11) is 0. The molecule has 0 bridgehead atoms. The topological polar surface area (TPSA) is 96.7 Å². The first-order valence-corrected chi connectivity index (χ1v) is 9.62. The van der Waals surface area contributed by atoms with Crippen LogP contribution in [0.3, 0.4) is 0 Å². The van der Waals surface area contributed by atoms with Crippen LogP contribution in [0.4, 0.5) is 0 Å². The van der Waals surface area contributed by atoms with Crippen LogP contribution in [0.2, 0.25) is 0 Å². The second-order valence-electron chi connectivity index (χ2n) is 6.90. The Bertz CT molecular complexity index is 1130. The molecular weight excluding hydrogens is 378 g/mol. The molecule has 3 heterocycles. The molecule has 0 aliphatic heterocycles. The van der Waals surface area contributed by atoms with Gasteiger partial charge in [0.25, 0.3) is 0 Å². The number of hydrogen-bond donors (Lipinski definition) is 2. The van der Waals surface area contributed by atoms with Gasteiger partial charge in [-0.1, -0.05) is 36.4 Å². The van der Waals surface area contributed by atoms with Crippen LogP contribution in [0, 0.1) is 0 Å². The van der Waals surface area contributed by atoms with Gasteiger partial charge in [0.05, 0.1) is 17.9 Å². The van der Waals surface area contributed by atoms with Crippen molar-refractivity contribution < 1.29 is 9.90 Å². The molecule has 0 radical (unpaired) electrons. The zero-order chi connectivity index (χ0) is 20.8. The van der Waals surface area contributed by atoms with Crippen LogP contribution in [0.5, 0.6) is 0 Å². The number of benzene rings is 1. The molecular formula is C23H21N5O2. The number of ketones is 1. The highest BCUT2D eigenvalue weighted by Gasteiger charge is 2.15. The maximum absolute atomic E-state index is 12.9. The molecule has 0 aliphatic rings. The number of aromatic nitrogens is 5. The zero-order valence-electron chi connectivity index (χ0n) is 16.3. The Labute approximate surface area is 173 Å². The van der Waals surface area contributed by atoms with E-state index >= 15 is 0 Å². The Morgan fingerprint density at radius 2 is 1.83 bits per heavy atom. The van der Waals surface area contributed by atoms with Gasteiger partial charge in [-0.2, -0.15) is 5.10 Å². The summed E-state index contributed by atoms with van der Waals surface area (Å²) in [5.74, 6) is -0.421. The number of hydrogen-bond acceptors (Lipinski definition) is 5. The first-order valence-electron chi connectivity index (χ1n) is 9.62. The Kier molecular flexibility index (Phi) is 5.80. The number of pyridine rings is 1. The van der Waals surface area contributed by atoms with Crippen molar-refractivity contribution in [2.24, 2.45) is 0 Å². The van der Waals surface area contributed by atoms with Gasteiger partial charge in [0.1, 0.15) is 6.33 Å². The third-order valence-electron chi connectivity index (χ3n) is 4.73. The Morgan fingerprint density at radius 3 is 2.57 bits per heavy atom. The monoisotopic (exact) mass is 399 g/mol. The summed E-state index contributed by atoms with van der Waals surface area (Å²) in [4.78, 5) is 21.1. The molecule has 0 spiro atoms. The maximum Gasteiger partial charge on any atom is 0.206 e. The molecule has 7 nitrogen and oxygen atoms in total. The van der Waals surface area contributed by atoms with E-state index in [2.05, 4.69) is 32.3 Å². The molecule has 7 heteroatoms. The number of aromatic amines is 1. The van der Waals surface area contributed by atoms with E-state index in [9.17, 15) is 9.90 Å². The lowest BCUT2D eigenvalue weighted by molar-refractivity contribution is 0.103. The van der Waals surface area contributed by atoms with E-state index in [-0.39, 0.29) is 17.4 Å². The minimum atomic E-state index is -0.314. The summed E-state index contributed by atoms with van der Waals surface area (Å²) in [6, 6.07) is 17.8. The molecule has 0 saturated heterocycles. The van der Waals surface area contributed by atoms with Crippen molar-refractivity contribution in [3.05, 3.63) is 108 Å². The molecule has 2 N–H and O–H groups in total. The van der Waals surface area contributed by atoms with E-state index < -0.39 is 0 Å². The molecule has 3 aromatic heterocycles. The van der Waals surface area contributed by atoms with Crippen LogP contribution >= 0.6 is 0 Å². The smallest absolute Gasteiger partial charge is 0.206 e. The predicted octanol–water partition coefficient (Wildman–Crippen LogP) is 3.62. The number of allylic oxidation sites excluding steroid dienone is 1. The fourth-order valence-corrected chi connectivity index (χ4v) is 3.24. The number of carbonyl (C=O) groups is 1. The fraction of sp³-hybridized carbons (Fsp3) is 0.130. The quantitative estimate of drug-likeness (QED) is 0.268. The molecule has 0 saturated carbocycles. The Balaban J connectivity index is 1.60. The Morgan fingerprint density at radius 1 is 1.03 bits per heavy atom. The third-order valence-corrected chi connectivity index (χ3v) is 4.73. The third kappa shape index (κ3) is 4.70. The molecule has 0 aliphatic carbocycles. The predicted molar refractivity (Wildman–Crippen MR) is 113 cm³/mol. The highest BCUT2D eigenvalue weighted by molar-refractivity contribution is 6.06. The maximum atomic E-state index is 12.9. The Hall–Kier alpha value is -4.00. The van der Waals surface area contributed by atoms with Gasteiger partial charge in [-0.3, -0.25) is 14.9 Å². The van der Waals surface area contributed by atoms with Gasteiger partial charge in [0, 0.05) is 18.5 Å². The minimum absolute atomic E-state index is 0.149. The largest absolute Gasteiger partial charge is 0.504 e. The minimum Gasteiger partial charge on any atom is -0.504 e. The molecule has 4 aromatic rings. The molecule has 0 fully saturated rings. The van der Waals surface area contributed by atoms with E-state index in [1.807, 2.05) is 53.2 Å².